The van der Waals surface area contributed by atoms with Crippen LogP contribution in [-0.4, -0.2) is 36.9 Å². The Hall–Kier alpha value is -2.88. The maximum absolute atomic E-state index is 12.5. The number of nitrogens with one attached hydrogen (secondary N) is 2. The fourth-order valence-electron chi connectivity index (χ4n) is 2.73. The Labute approximate surface area is 139 Å². The molecule has 1 aromatic rings. The topological polar surface area (TPSA) is 102 Å². The van der Waals surface area contributed by atoms with Crippen LogP contribution in [0.5, 0.6) is 0 Å². The molecular formula is C17H18N4O3. The minimum Gasteiger partial charge on any atom is -0.352 e. The van der Waals surface area contributed by atoms with Crippen LogP contribution in [0.25, 0.3) is 0 Å². The first kappa shape index (κ1) is 16.0. The zero-order valence-corrected chi connectivity index (χ0v) is 13.3. The number of carbonyl (C=O) groups is 3. The molecule has 0 bridgehead atoms. The molecule has 0 unspecified atom stereocenters. The zero-order chi connectivity index (χ0) is 17.3. The van der Waals surface area contributed by atoms with E-state index in [-0.39, 0.29) is 12.1 Å². The highest BCUT2D eigenvalue weighted by Crippen LogP contribution is 2.24. The standard InChI is InChI=1S/C17H18N4O3/c1-10-8-11(2-5-14(10)21-7-6-19-17(21)24)15(22)13(9-18)16(23)20-12-3-4-12/h2,5,8,12-13H,3-4,6-7H2,1H3,(H,19,24)(H,20,23)/t13-/m0/s1. The Morgan fingerprint density at radius 1 is 1.42 bits per heavy atom. The molecule has 2 N–H and O–H groups in total. The predicted octanol–water partition coefficient (Wildman–Crippen LogP) is 1.13. The van der Waals surface area contributed by atoms with Gasteiger partial charge in [0.2, 0.25) is 5.91 Å². The Bertz CT molecular complexity index is 749. The second-order valence-corrected chi connectivity index (χ2v) is 6.09. The van der Waals surface area contributed by atoms with Crippen LogP contribution in [0.3, 0.4) is 0 Å². The average molecular weight is 326 g/mol. The fraction of sp³-hybridized carbons (Fsp3) is 0.412. The number of Topliss-reactive ketones (excluding diaryl/α,β-unsaturated/α-hetero) is 1. The van der Waals surface area contributed by atoms with Crippen LogP contribution in [0.2, 0.25) is 0 Å². The number of urea groups is 1. The van der Waals surface area contributed by atoms with Crippen LogP contribution in [0.4, 0.5) is 10.5 Å². The maximum atomic E-state index is 12.5. The molecule has 3 amide bonds. The summed E-state index contributed by atoms with van der Waals surface area (Å²) in [4.78, 5) is 37.9. The third-order valence-electron chi connectivity index (χ3n) is 4.21. The largest absolute Gasteiger partial charge is 0.352 e. The summed E-state index contributed by atoms with van der Waals surface area (Å²) in [6, 6.07) is 6.58. The van der Waals surface area contributed by atoms with E-state index in [9.17, 15) is 19.6 Å². The van der Waals surface area contributed by atoms with Gasteiger partial charge in [0.05, 0.1) is 6.07 Å². The van der Waals surface area contributed by atoms with Crippen molar-refractivity contribution < 1.29 is 14.4 Å². The smallest absolute Gasteiger partial charge is 0.322 e. The van der Waals surface area contributed by atoms with Crippen LogP contribution in [0.15, 0.2) is 18.2 Å². The molecule has 1 heterocycles. The van der Waals surface area contributed by atoms with E-state index in [1.54, 1.807) is 36.1 Å². The minimum absolute atomic E-state index is 0.0962. The average Bonchev–Trinajstić information content (AvgIpc) is 3.27. The quantitative estimate of drug-likeness (QED) is 0.625. The van der Waals surface area contributed by atoms with Gasteiger partial charge in [-0.05, 0) is 43.5 Å². The highest BCUT2D eigenvalue weighted by molar-refractivity contribution is 6.12. The van der Waals surface area contributed by atoms with E-state index in [4.69, 9.17) is 0 Å². The predicted molar refractivity (Wildman–Crippen MR) is 86.5 cm³/mol. The third kappa shape index (κ3) is 3.08. The van der Waals surface area contributed by atoms with Gasteiger partial charge in [-0.15, -0.1) is 0 Å². The van der Waals surface area contributed by atoms with Crippen molar-refractivity contribution in [3.63, 3.8) is 0 Å². The lowest BCUT2D eigenvalue weighted by Crippen LogP contribution is -2.36. The number of rotatable bonds is 5. The van der Waals surface area contributed by atoms with E-state index in [2.05, 4.69) is 10.6 Å². The number of aryl methyl sites for hydroxylation is 1. The zero-order valence-electron chi connectivity index (χ0n) is 13.3. The summed E-state index contributed by atoms with van der Waals surface area (Å²) in [6.45, 7) is 2.94. The first-order chi connectivity index (χ1) is 11.5. The number of ketones is 1. The van der Waals surface area contributed by atoms with Crippen molar-refractivity contribution in [1.82, 2.24) is 10.6 Å². The number of nitriles is 1. The number of anilines is 1. The van der Waals surface area contributed by atoms with Gasteiger partial charge in [0.25, 0.3) is 0 Å². The van der Waals surface area contributed by atoms with Gasteiger partial charge in [0, 0.05) is 30.4 Å². The first-order valence-electron chi connectivity index (χ1n) is 7.91. The lowest BCUT2D eigenvalue weighted by atomic mass is 9.96. The van der Waals surface area contributed by atoms with Crippen LogP contribution < -0.4 is 15.5 Å². The molecule has 0 radical (unpaired) electrons. The second-order valence-electron chi connectivity index (χ2n) is 6.09. The van der Waals surface area contributed by atoms with E-state index in [0.717, 1.165) is 24.1 Å². The van der Waals surface area contributed by atoms with Gasteiger partial charge in [0.1, 0.15) is 0 Å². The van der Waals surface area contributed by atoms with Crippen molar-refractivity contribution in [1.29, 1.82) is 5.26 Å². The van der Waals surface area contributed by atoms with E-state index >= 15 is 0 Å². The highest BCUT2D eigenvalue weighted by atomic mass is 16.2. The van der Waals surface area contributed by atoms with Gasteiger partial charge < -0.3 is 10.6 Å². The minimum atomic E-state index is -1.34. The third-order valence-corrected chi connectivity index (χ3v) is 4.21. The van der Waals surface area contributed by atoms with Crippen molar-refractivity contribution in [3.05, 3.63) is 29.3 Å². The molecule has 1 aliphatic heterocycles. The van der Waals surface area contributed by atoms with Gasteiger partial charge in [-0.25, -0.2) is 4.79 Å². The lowest BCUT2D eigenvalue weighted by molar-refractivity contribution is -0.122. The Morgan fingerprint density at radius 2 is 2.17 bits per heavy atom. The maximum Gasteiger partial charge on any atom is 0.322 e. The monoisotopic (exact) mass is 326 g/mol. The number of amides is 3. The summed E-state index contributed by atoms with van der Waals surface area (Å²) in [6.07, 6.45) is 1.79. The van der Waals surface area contributed by atoms with Crippen molar-refractivity contribution in [2.75, 3.05) is 18.0 Å². The SMILES string of the molecule is Cc1cc(C(=O)[C@H](C#N)C(=O)NC2CC2)ccc1N1CCNC1=O. The van der Waals surface area contributed by atoms with Crippen molar-refractivity contribution in [3.8, 4) is 6.07 Å². The summed E-state index contributed by atoms with van der Waals surface area (Å²) in [7, 11) is 0. The molecule has 2 fully saturated rings. The van der Waals surface area contributed by atoms with Crippen LogP contribution >= 0.6 is 0 Å². The molecule has 1 saturated heterocycles. The van der Waals surface area contributed by atoms with E-state index in [0.29, 0.717) is 18.7 Å². The molecule has 124 valence electrons. The van der Waals surface area contributed by atoms with Crippen LogP contribution in [0.1, 0.15) is 28.8 Å². The van der Waals surface area contributed by atoms with Crippen molar-refractivity contribution in [2.45, 2.75) is 25.8 Å². The summed E-state index contributed by atoms with van der Waals surface area (Å²) in [5.41, 5.74) is 1.77. The summed E-state index contributed by atoms with van der Waals surface area (Å²) in [5, 5.41) is 14.6. The number of hydrogen-bond donors (Lipinski definition) is 2. The van der Waals surface area contributed by atoms with Gasteiger partial charge in [-0.1, -0.05) is 0 Å². The normalized spacial score (nSPS) is 17.8. The number of carbonyl (C=O) groups excluding carboxylic acids is 3. The lowest BCUT2D eigenvalue weighted by Gasteiger charge is -2.18. The molecular weight excluding hydrogens is 308 g/mol. The van der Waals surface area contributed by atoms with E-state index in [1.807, 2.05) is 0 Å². The Balaban J connectivity index is 1.79. The molecule has 7 heteroatoms. The second kappa shape index (κ2) is 6.32. The molecule has 24 heavy (non-hydrogen) atoms. The van der Waals surface area contributed by atoms with Crippen molar-refractivity contribution in [2.24, 2.45) is 5.92 Å². The molecule has 2 aliphatic rings. The first-order valence-corrected chi connectivity index (χ1v) is 7.91. The van der Waals surface area contributed by atoms with Crippen LogP contribution in [0, 0.1) is 24.2 Å². The molecule has 3 rings (SSSR count). The fourth-order valence-corrected chi connectivity index (χ4v) is 2.73. The summed E-state index contributed by atoms with van der Waals surface area (Å²) >= 11 is 0. The Kier molecular flexibility index (Phi) is 4.21. The van der Waals surface area contributed by atoms with Gasteiger partial charge in [-0.2, -0.15) is 5.26 Å². The van der Waals surface area contributed by atoms with Crippen molar-refractivity contribution >= 4 is 23.4 Å². The van der Waals surface area contributed by atoms with Gasteiger partial charge in [-0.3, -0.25) is 14.5 Å². The molecule has 0 aromatic heterocycles. The number of nitrogens with zero attached hydrogens (tertiary/aromatic N) is 2. The summed E-state index contributed by atoms with van der Waals surface area (Å²) in [5.74, 6) is -2.40. The molecule has 1 saturated carbocycles. The number of benzene rings is 1. The Morgan fingerprint density at radius 3 is 2.71 bits per heavy atom. The number of hydrogen-bond acceptors (Lipinski definition) is 4. The molecule has 1 atom stereocenters. The molecule has 1 aromatic carbocycles. The summed E-state index contributed by atoms with van der Waals surface area (Å²) < 4.78 is 0. The molecule has 7 nitrogen and oxygen atoms in total. The van der Waals surface area contributed by atoms with E-state index in [1.165, 1.54) is 0 Å². The van der Waals surface area contributed by atoms with Gasteiger partial charge in [0.15, 0.2) is 11.7 Å². The van der Waals surface area contributed by atoms with Gasteiger partial charge >= 0.3 is 6.03 Å². The van der Waals surface area contributed by atoms with E-state index < -0.39 is 17.6 Å². The van der Waals surface area contributed by atoms with Crippen LogP contribution in [-0.2, 0) is 4.79 Å². The highest BCUT2D eigenvalue weighted by Gasteiger charge is 2.32. The molecule has 0 spiro atoms. The molecule has 1 aliphatic carbocycles.